The second-order valence-electron chi connectivity index (χ2n) is 3.99. The van der Waals surface area contributed by atoms with Crippen molar-refractivity contribution in [2.24, 2.45) is 0 Å². The number of rotatable bonds is 6. The summed E-state index contributed by atoms with van der Waals surface area (Å²) in [5, 5.41) is 19.0. The van der Waals surface area contributed by atoms with Gasteiger partial charge in [0.2, 0.25) is 0 Å². The molecule has 2 rings (SSSR count). The zero-order valence-electron chi connectivity index (χ0n) is 7.61. The Balaban J connectivity index is 1.58. The Morgan fingerprint density at radius 2 is 1.77 bits per heavy atom. The predicted octanol–water partition coefficient (Wildman–Crippen LogP) is 0.0253. The quantitative estimate of drug-likeness (QED) is 0.456. The van der Waals surface area contributed by atoms with E-state index in [2.05, 4.69) is 0 Å². The van der Waals surface area contributed by atoms with E-state index in [1.165, 1.54) is 0 Å². The fourth-order valence-corrected chi connectivity index (χ4v) is 1.50. The fourth-order valence-electron chi connectivity index (χ4n) is 1.50. The highest BCUT2D eigenvalue weighted by Gasteiger charge is 2.34. The van der Waals surface area contributed by atoms with Crippen LogP contribution in [0.15, 0.2) is 0 Å². The van der Waals surface area contributed by atoms with Crippen molar-refractivity contribution in [1.29, 1.82) is 0 Å². The smallest absolute Gasteiger partial charge is 0.165 e. The molecule has 0 aromatic carbocycles. The van der Waals surface area contributed by atoms with E-state index in [-0.39, 0.29) is 6.10 Å². The Morgan fingerprint density at radius 3 is 2.31 bits per heavy atom. The van der Waals surface area contributed by atoms with Crippen molar-refractivity contribution in [3.05, 3.63) is 0 Å². The van der Waals surface area contributed by atoms with Crippen LogP contribution >= 0.6 is 0 Å². The zero-order chi connectivity index (χ0) is 9.31. The molecule has 4 nitrogen and oxygen atoms in total. The molecule has 0 amide bonds. The summed E-state index contributed by atoms with van der Waals surface area (Å²) in [7, 11) is 0. The summed E-state index contributed by atoms with van der Waals surface area (Å²) in [5.74, 6) is -1.53. The van der Waals surface area contributed by atoms with E-state index in [0.29, 0.717) is 25.6 Å². The van der Waals surface area contributed by atoms with E-state index in [1.807, 2.05) is 0 Å². The molecule has 13 heavy (non-hydrogen) atoms. The maximum Gasteiger partial charge on any atom is 0.165 e. The van der Waals surface area contributed by atoms with Gasteiger partial charge in [0, 0.05) is 12.8 Å². The molecule has 2 heterocycles. The summed E-state index contributed by atoms with van der Waals surface area (Å²) >= 11 is 0. The highest BCUT2D eigenvalue weighted by molar-refractivity contribution is 4.79. The lowest BCUT2D eigenvalue weighted by Gasteiger charge is -2.20. The van der Waals surface area contributed by atoms with Crippen LogP contribution in [0.3, 0.4) is 0 Å². The molecule has 0 radical (unpaired) electrons. The average Bonchev–Trinajstić information content (AvgIpc) is 2.79. The molecule has 2 aliphatic heterocycles. The van der Waals surface area contributed by atoms with Crippen LogP contribution in [0.2, 0.25) is 0 Å². The van der Waals surface area contributed by atoms with E-state index in [9.17, 15) is 10.2 Å². The van der Waals surface area contributed by atoms with E-state index < -0.39 is 5.79 Å². The number of ether oxygens (including phenoxy) is 2. The monoisotopic (exact) mass is 188 g/mol. The van der Waals surface area contributed by atoms with Crippen LogP contribution in [0, 0.1) is 0 Å². The van der Waals surface area contributed by atoms with E-state index in [1.54, 1.807) is 0 Å². The first-order valence-electron chi connectivity index (χ1n) is 4.84. The van der Waals surface area contributed by atoms with Gasteiger partial charge in [-0.15, -0.1) is 0 Å². The minimum Gasteiger partial charge on any atom is -0.373 e. The second-order valence-corrected chi connectivity index (χ2v) is 3.99. The minimum absolute atomic E-state index is 0.0761. The Bertz CT molecular complexity index is 172. The van der Waals surface area contributed by atoms with Gasteiger partial charge in [0.25, 0.3) is 0 Å². The number of aliphatic hydroxyl groups is 2. The average molecular weight is 188 g/mol. The van der Waals surface area contributed by atoms with Gasteiger partial charge in [-0.3, -0.25) is 0 Å². The molecule has 2 fully saturated rings. The molecular formula is C9H16O4. The van der Waals surface area contributed by atoms with Gasteiger partial charge in [-0.05, 0) is 12.8 Å². The van der Waals surface area contributed by atoms with E-state index in [4.69, 9.17) is 9.47 Å². The van der Waals surface area contributed by atoms with Crippen molar-refractivity contribution in [3.63, 3.8) is 0 Å². The second kappa shape index (κ2) is 3.53. The van der Waals surface area contributed by atoms with Crippen LogP contribution in [0.25, 0.3) is 0 Å². The maximum absolute atomic E-state index is 9.49. The summed E-state index contributed by atoms with van der Waals surface area (Å²) in [6.07, 6.45) is 2.98. The minimum atomic E-state index is -1.53. The molecule has 4 heteroatoms. The first kappa shape index (κ1) is 9.40. The lowest BCUT2D eigenvalue weighted by atomic mass is 10.0. The number of epoxide rings is 2. The largest absolute Gasteiger partial charge is 0.373 e. The van der Waals surface area contributed by atoms with Crippen molar-refractivity contribution in [1.82, 2.24) is 0 Å². The summed E-state index contributed by atoms with van der Waals surface area (Å²) in [6.45, 7) is 1.52. The number of hydrogen-bond acceptors (Lipinski definition) is 4. The van der Waals surface area contributed by atoms with Gasteiger partial charge in [0.05, 0.1) is 25.4 Å². The van der Waals surface area contributed by atoms with E-state index >= 15 is 0 Å². The van der Waals surface area contributed by atoms with E-state index in [0.717, 1.165) is 19.4 Å². The summed E-state index contributed by atoms with van der Waals surface area (Å²) < 4.78 is 9.97. The molecule has 0 aromatic heterocycles. The van der Waals surface area contributed by atoms with Crippen LogP contribution in [0.1, 0.15) is 25.7 Å². The molecule has 0 bridgehead atoms. The van der Waals surface area contributed by atoms with Crippen LogP contribution in [-0.4, -0.2) is 41.4 Å². The Kier molecular flexibility index (Phi) is 2.55. The molecule has 76 valence electrons. The molecule has 2 aliphatic rings. The molecule has 2 unspecified atom stereocenters. The van der Waals surface area contributed by atoms with Crippen LogP contribution in [0.4, 0.5) is 0 Å². The molecule has 0 saturated carbocycles. The first-order valence-corrected chi connectivity index (χ1v) is 4.84. The predicted molar refractivity (Wildman–Crippen MR) is 45.1 cm³/mol. The van der Waals surface area contributed by atoms with Crippen LogP contribution in [0.5, 0.6) is 0 Å². The van der Waals surface area contributed by atoms with Crippen molar-refractivity contribution < 1.29 is 19.7 Å². The molecule has 0 aliphatic carbocycles. The maximum atomic E-state index is 9.49. The molecule has 2 saturated heterocycles. The summed E-state index contributed by atoms with van der Waals surface area (Å²) in [5.41, 5.74) is 0. The van der Waals surface area contributed by atoms with Gasteiger partial charge in [-0.25, -0.2) is 0 Å². The SMILES string of the molecule is OC(O)(CCCC1CO1)CC1CO1. The zero-order valence-corrected chi connectivity index (χ0v) is 7.61. The van der Waals surface area contributed by atoms with Crippen molar-refractivity contribution in [2.75, 3.05) is 13.2 Å². The van der Waals surface area contributed by atoms with Crippen LogP contribution in [-0.2, 0) is 9.47 Å². The normalized spacial score (nSPS) is 31.8. The topological polar surface area (TPSA) is 65.5 Å². The molecule has 2 atom stereocenters. The lowest BCUT2D eigenvalue weighted by molar-refractivity contribution is -0.173. The molecule has 2 N–H and O–H groups in total. The third-order valence-corrected chi connectivity index (χ3v) is 2.46. The van der Waals surface area contributed by atoms with Crippen LogP contribution < -0.4 is 0 Å². The van der Waals surface area contributed by atoms with Gasteiger partial charge in [-0.1, -0.05) is 0 Å². The first-order chi connectivity index (χ1) is 6.16. The van der Waals surface area contributed by atoms with Gasteiger partial charge >= 0.3 is 0 Å². The van der Waals surface area contributed by atoms with Gasteiger partial charge in [0.15, 0.2) is 5.79 Å². The Labute approximate surface area is 77.5 Å². The van der Waals surface area contributed by atoms with Crippen molar-refractivity contribution in [3.8, 4) is 0 Å². The third kappa shape index (κ3) is 3.60. The molecule has 0 aromatic rings. The highest BCUT2D eigenvalue weighted by Crippen LogP contribution is 2.26. The number of hydrogen-bond donors (Lipinski definition) is 2. The molecule has 0 spiro atoms. The fraction of sp³-hybridized carbons (Fsp3) is 1.00. The Morgan fingerprint density at radius 1 is 1.15 bits per heavy atom. The summed E-state index contributed by atoms with van der Waals surface area (Å²) in [6, 6.07) is 0. The van der Waals surface area contributed by atoms with Crippen molar-refractivity contribution in [2.45, 2.75) is 43.7 Å². The third-order valence-electron chi connectivity index (χ3n) is 2.46. The standard InChI is InChI=1S/C9H16O4/c10-9(11,4-8-6-13-8)3-1-2-7-5-12-7/h7-8,10-11H,1-6H2. The molecular weight excluding hydrogens is 172 g/mol. The Hall–Kier alpha value is -0.160. The van der Waals surface area contributed by atoms with Gasteiger partial charge in [0.1, 0.15) is 0 Å². The highest BCUT2D eigenvalue weighted by atomic mass is 16.6. The summed E-state index contributed by atoms with van der Waals surface area (Å²) in [4.78, 5) is 0. The van der Waals surface area contributed by atoms with Gasteiger partial charge < -0.3 is 19.7 Å². The van der Waals surface area contributed by atoms with Crippen molar-refractivity contribution >= 4 is 0 Å². The lowest BCUT2D eigenvalue weighted by Crippen LogP contribution is -2.29. The van der Waals surface area contributed by atoms with Gasteiger partial charge in [-0.2, -0.15) is 0 Å².